The second-order valence-electron chi connectivity index (χ2n) is 4.87. The van der Waals surface area contributed by atoms with Gasteiger partial charge in [-0.05, 0) is 18.6 Å². The van der Waals surface area contributed by atoms with E-state index in [0.717, 1.165) is 5.56 Å². The number of amides is 1. The van der Waals surface area contributed by atoms with Crippen LogP contribution in [0.15, 0.2) is 54.9 Å². The minimum absolute atomic E-state index is 0.163. The summed E-state index contributed by atoms with van der Waals surface area (Å²) in [6, 6.07) is 11.7. The Morgan fingerprint density at radius 1 is 1.27 bits per heavy atom. The highest BCUT2D eigenvalue weighted by Crippen LogP contribution is 2.12. The third-order valence-corrected chi connectivity index (χ3v) is 3.29. The topological polar surface area (TPSA) is 59.3 Å². The van der Waals surface area contributed by atoms with Gasteiger partial charge < -0.3 is 5.32 Å². The molecule has 110 valence electrons. The fourth-order valence-electron chi connectivity index (χ4n) is 2.26. The van der Waals surface area contributed by atoms with Crippen molar-refractivity contribution in [2.75, 3.05) is 6.54 Å². The van der Waals surface area contributed by atoms with Gasteiger partial charge >= 0.3 is 0 Å². The van der Waals surface area contributed by atoms with Crippen LogP contribution in [-0.2, 0) is 0 Å². The predicted octanol–water partition coefficient (Wildman–Crippen LogP) is 2.48. The van der Waals surface area contributed by atoms with Gasteiger partial charge in [-0.25, -0.2) is 9.50 Å². The van der Waals surface area contributed by atoms with Crippen molar-refractivity contribution >= 4 is 17.6 Å². The van der Waals surface area contributed by atoms with Crippen LogP contribution in [0.4, 0.5) is 0 Å². The highest BCUT2D eigenvalue weighted by atomic mass is 16.1. The number of carbonyl (C=O) groups is 1. The first-order valence-electron chi connectivity index (χ1n) is 7.05. The molecule has 0 saturated carbocycles. The normalized spacial score (nSPS) is 11.1. The second-order valence-corrected chi connectivity index (χ2v) is 4.87. The number of benzene rings is 1. The number of hydrogen-bond donors (Lipinski definition) is 1. The van der Waals surface area contributed by atoms with Crippen molar-refractivity contribution < 1.29 is 4.79 Å². The van der Waals surface area contributed by atoms with Crippen LogP contribution in [0.1, 0.15) is 21.6 Å². The molecule has 2 heterocycles. The molecule has 1 amide bonds. The Kier molecular flexibility index (Phi) is 3.96. The van der Waals surface area contributed by atoms with Crippen LogP contribution in [0.25, 0.3) is 11.7 Å². The molecule has 0 spiro atoms. The maximum Gasteiger partial charge on any atom is 0.257 e. The SMILES string of the molecule is Cc1nn2cccnc2c1C(=O)NCC=Cc1ccccc1. The first-order valence-corrected chi connectivity index (χ1v) is 7.05. The number of nitrogens with one attached hydrogen (secondary N) is 1. The smallest absolute Gasteiger partial charge is 0.257 e. The molecular formula is C17H16N4O. The summed E-state index contributed by atoms with van der Waals surface area (Å²) in [6.07, 6.45) is 7.33. The molecule has 0 radical (unpaired) electrons. The molecule has 0 atom stereocenters. The average molecular weight is 292 g/mol. The van der Waals surface area contributed by atoms with Gasteiger partial charge in [0.05, 0.1) is 5.69 Å². The van der Waals surface area contributed by atoms with Crippen LogP contribution in [-0.4, -0.2) is 27.0 Å². The molecule has 0 bridgehead atoms. The Balaban J connectivity index is 1.69. The van der Waals surface area contributed by atoms with Crippen molar-refractivity contribution in [2.45, 2.75) is 6.92 Å². The summed E-state index contributed by atoms with van der Waals surface area (Å²) in [6.45, 7) is 2.26. The van der Waals surface area contributed by atoms with Crippen LogP contribution in [0.2, 0.25) is 0 Å². The molecule has 0 saturated heterocycles. The highest BCUT2D eigenvalue weighted by Gasteiger charge is 2.16. The summed E-state index contributed by atoms with van der Waals surface area (Å²) in [7, 11) is 0. The summed E-state index contributed by atoms with van der Waals surface area (Å²) in [5.41, 5.74) is 2.87. The number of aryl methyl sites for hydroxylation is 1. The number of hydrogen-bond acceptors (Lipinski definition) is 3. The lowest BCUT2D eigenvalue weighted by Gasteiger charge is -2.01. The summed E-state index contributed by atoms with van der Waals surface area (Å²) in [5.74, 6) is -0.163. The number of fused-ring (bicyclic) bond motifs is 1. The van der Waals surface area contributed by atoms with Crippen molar-refractivity contribution in [3.8, 4) is 0 Å². The van der Waals surface area contributed by atoms with Gasteiger partial charge in [-0.3, -0.25) is 4.79 Å². The summed E-state index contributed by atoms with van der Waals surface area (Å²) in [4.78, 5) is 16.5. The Morgan fingerprint density at radius 2 is 2.09 bits per heavy atom. The van der Waals surface area contributed by atoms with Gasteiger partial charge in [0.25, 0.3) is 5.91 Å². The van der Waals surface area contributed by atoms with E-state index in [1.54, 1.807) is 23.0 Å². The van der Waals surface area contributed by atoms with Crippen molar-refractivity contribution in [2.24, 2.45) is 0 Å². The Morgan fingerprint density at radius 3 is 2.91 bits per heavy atom. The molecule has 0 aliphatic heterocycles. The molecule has 5 heteroatoms. The van der Waals surface area contributed by atoms with Crippen molar-refractivity contribution in [3.05, 3.63) is 71.7 Å². The first-order chi connectivity index (χ1) is 10.8. The van der Waals surface area contributed by atoms with Crippen molar-refractivity contribution in [3.63, 3.8) is 0 Å². The first kappa shape index (κ1) is 14.0. The van der Waals surface area contributed by atoms with Crippen LogP contribution in [0, 0.1) is 6.92 Å². The zero-order valence-electron chi connectivity index (χ0n) is 12.2. The van der Waals surface area contributed by atoms with Crippen LogP contribution < -0.4 is 5.32 Å². The minimum atomic E-state index is -0.163. The van der Waals surface area contributed by atoms with E-state index in [0.29, 0.717) is 23.4 Å². The quantitative estimate of drug-likeness (QED) is 0.803. The van der Waals surface area contributed by atoms with Gasteiger partial charge in [0.1, 0.15) is 5.56 Å². The number of carbonyl (C=O) groups excluding carboxylic acids is 1. The molecule has 3 aromatic rings. The summed E-state index contributed by atoms with van der Waals surface area (Å²) in [5, 5.41) is 7.15. The fourth-order valence-corrected chi connectivity index (χ4v) is 2.26. The zero-order chi connectivity index (χ0) is 15.4. The van der Waals surface area contributed by atoms with Gasteiger partial charge in [-0.1, -0.05) is 42.5 Å². The zero-order valence-corrected chi connectivity index (χ0v) is 12.2. The third kappa shape index (κ3) is 2.88. The molecular weight excluding hydrogens is 276 g/mol. The lowest BCUT2D eigenvalue weighted by molar-refractivity contribution is 0.0959. The van der Waals surface area contributed by atoms with E-state index < -0.39 is 0 Å². The lowest BCUT2D eigenvalue weighted by Crippen LogP contribution is -2.24. The highest BCUT2D eigenvalue weighted by molar-refractivity contribution is 6.01. The van der Waals surface area contributed by atoms with E-state index in [1.807, 2.05) is 49.4 Å². The van der Waals surface area contributed by atoms with E-state index in [1.165, 1.54) is 0 Å². The number of rotatable bonds is 4. The molecule has 1 N–H and O–H groups in total. The molecule has 0 unspecified atom stereocenters. The lowest BCUT2D eigenvalue weighted by atomic mass is 10.2. The van der Waals surface area contributed by atoms with Crippen LogP contribution in [0.3, 0.4) is 0 Å². The number of nitrogens with zero attached hydrogens (tertiary/aromatic N) is 3. The maximum absolute atomic E-state index is 12.3. The third-order valence-electron chi connectivity index (χ3n) is 3.29. The van der Waals surface area contributed by atoms with Crippen LogP contribution >= 0.6 is 0 Å². The standard InChI is InChI=1S/C17H16N4O/c1-13-15(16-18-11-6-12-21(16)20-13)17(22)19-10-5-9-14-7-3-2-4-8-14/h2-9,11-12H,10H2,1H3,(H,19,22). The average Bonchev–Trinajstić information content (AvgIpc) is 2.88. The van der Waals surface area contributed by atoms with Gasteiger partial charge in [0.15, 0.2) is 5.65 Å². The van der Waals surface area contributed by atoms with E-state index in [9.17, 15) is 4.79 Å². The van der Waals surface area contributed by atoms with Gasteiger partial charge in [0, 0.05) is 18.9 Å². The summed E-state index contributed by atoms with van der Waals surface area (Å²) < 4.78 is 1.62. The van der Waals surface area contributed by atoms with Gasteiger partial charge in [-0.2, -0.15) is 5.10 Å². The molecule has 1 aromatic carbocycles. The largest absolute Gasteiger partial charge is 0.348 e. The minimum Gasteiger partial charge on any atom is -0.348 e. The molecule has 5 nitrogen and oxygen atoms in total. The van der Waals surface area contributed by atoms with Crippen molar-refractivity contribution in [1.82, 2.24) is 19.9 Å². The molecule has 0 aliphatic rings. The summed E-state index contributed by atoms with van der Waals surface area (Å²) >= 11 is 0. The molecule has 2 aromatic heterocycles. The van der Waals surface area contributed by atoms with Gasteiger partial charge in [0.2, 0.25) is 0 Å². The van der Waals surface area contributed by atoms with E-state index in [2.05, 4.69) is 15.4 Å². The second kappa shape index (κ2) is 6.22. The van der Waals surface area contributed by atoms with E-state index in [4.69, 9.17) is 0 Å². The molecule has 0 aliphatic carbocycles. The molecule has 0 fully saturated rings. The van der Waals surface area contributed by atoms with Crippen LogP contribution in [0.5, 0.6) is 0 Å². The Hall–Kier alpha value is -2.95. The Labute approximate surface area is 128 Å². The van der Waals surface area contributed by atoms with Crippen molar-refractivity contribution in [1.29, 1.82) is 0 Å². The fraction of sp³-hybridized carbons (Fsp3) is 0.118. The molecule has 3 rings (SSSR count). The maximum atomic E-state index is 12.3. The van der Waals surface area contributed by atoms with E-state index in [-0.39, 0.29) is 5.91 Å². The predicted molar refractivity (Wildman–Crippen MR) is 85.5 cm³/mol. The number of aromatic nitrogens is 3. The van der Waals surface area contributed by atoms with Gasteiger partial charge in [-0.15, -0.1) is 0 Å². The van der Waals surface area contributed by atoms with E-state index >= 15 is 0 Å². The Bertz CT molecular complexity index is 821. The monoisotopic (exact) mass is 292 g/mol. The molecule has 22 heavy (non-hydrogen) atoms.